The second-order valence-electron chi connectivity index (χ2n) is 4.83. The lowest BCUT2D eigenvalue weighted by molar-refractivity contribution is -0.122. The van der Waals surface area contributed by atoms with Crippen molar-refractivity contribution in [2.45, 2.75) is 64.8 Å². The first-order chi connectivity index (χ1) is 9.14. The molecule has 0 fully saturated rings. The van der Waals surface area contributed by atoms with Crippen LogP contribution in [-0.4, -0.2) is 35.4 Å². The van der Waals surface area contributed by atoms with Crippen molar-refractivity contribution in [2.75, 3.05) is 20.8 Å². The van der Waals surface area contributed by atoms with Crippen molar-refractivity contribution in [3.8, 4) is 0 Å². The van der Waals surface area contributed by atoms with Gasteiger partial charge in [0.2, 0.25) is 0 Å². The maximum atomic E-state index is 11.7. The van der Waals surface area contributed by atoms with Gasteiger partial charge >= 0.3 is 8.80 Å². The third-order valence-corrected chi connectivity index (χ3v) is 6.13. The Bertz CT molecular complexity index is 229. The van der Waals surface area contributed by atoms with Gasteiger partial charge in [-0.3, -0.25) is 4.79 Å². The average Bonchev–Trinajstić information content (AvgIpc) is 2.43. The summed E-state index contributed by atoms with van der Waals surface area (Å²) in [6, 6.07) is 0.754. The third kappa shape index (κ3) is 8.52. The van der Waals surface area contributed by atoms with Gasteiger partial charge in [0.15, 0.2) is 5.78 Å². The van der Waals surface area contributed by atoms with Gasteiger partial charge in [-0.05, 0) is 6.42 Å². The number of hydrogen-bond donors (Lipinski definition) is 0. The molecule has 0 bridgehead atoms. The highest BCUT2D eigenvalue weighted by Crippen LogP contribution is 2.16. The summed E-state index contributed by atoms with van der Waals surface area (Å²) in [5.41, 5.74) is 0. The fourth-order valence-electron chi connectivity index (χ4n) is 1.97. The van der Waals surface area contributed by atoms with E-state index in [2.05, 4.69) is 13.8 Å². The van der Waals surface area contributed by atoms with E-state index in [9.17, 15) is 4.79 Å². The molecule has 0 aliphatic heterocycles. The molecule has 5 heteroatoms. The highest BCUT2D eigenvalue weighted by molar-refractivity contribution is 6.60. The summed E-state index contributed by atoms with van der Waals surface area (Å²) in [6.07, 6.45) is 7.33. The lowest BCUT2D eigenvalue weighted by Gasteiger charge is -2.25. The van der Waals surface area contributed by atoms with Crippen molar-refractivity contribution in [2.24, 2.45) is 0 Å². The summed E-state index contributed by atoms with van der Waals surface area (Å²) in [6.45, 7) is 4.37. The van der Waals surface area contributed by atoms with Crippen molar-refractivity contribution < 1.29 is 18.1 Å². The zero-order chi connectivity index (χ0) is 14.6. The van der Waals surface area contributed by atoms with Gasteiger partial charge < -0.3 is 13.3 Å². The van der Waals surface area contributed by atoms with E-state index in [-0.39, 0.29) is 12.4 Å². The molecule has 4 nitrogen and oxygen atoms in total. The fraction of sp³-hybridized carbons (Fsp3) is 0.929. The summed E-state index contributed by atoms with van der Waals surface area (Å²) in [7, 11) is 0.608. The van der Waals surface area contributed by atoms with Crippen LogP contribution < -0.4 is 0 Å². The van der Waals surface area contributed by atoms with Crippen molar-refractivity contribution >= 4 is 14.6 Å². The molecule has 0 radical (unpaired) electrons. The first-order valence-corrected chi connectivity index (χ1v) is 9.33. The van der Waals surface area contributed by atoms with Gasteiger partial charge in [0.05, 0.1) is 6.61 Å². The SMILES string of the molecule is CCCCCCCC(=O)CO[Si](CCC)(OC)OC. The van der Waals surface area contributed by atoms with Crippen LogP contribution in [0.15, 0.2) is 0 Å². The van der Waals surface area contributed by atoms with Gasteiger partial charge in [0.1, 0.15) is 0 Å². The molecule has 0 unspecified atom stereocenters. The van der Waals surface area contributed by atoms with E-state index in [1.807, 2.05) is 0 Å². The van der Waals surface area contributed by atoms with Crippen LogP contribution >= 0.6 is 0 Å². The molecule has 0 rings (SSSR count). The molecule has 0 aromatic rings. The van der Waals surface area contributed by atoms with Crippen molar-refractivity contribution in [1.29, 1.82) is 0 Å². The quantitative estimate of drug-likeness (QED) is 0.384. The van der Waals surface area contributed by atoms with Crippen molar-refractivity contribution in [3.05, 3.63) is 0 Å². The molecule has 0 aliphatic carbocycles. The smallest absolute Gasteiger partial charge is 0.377 e. The standard InChI is InChI=1S/C14H30O4Si/c1-5-7-8-9-10-11-14(15)13-18-19(16-3,17-4)12-6-2/h5-13H2,1-4H3. The second kappa shape index (κ2) is 11.6. The van der Waals surface area contributed by atoms with E-state index in [1.165, 1.54) is 19.3 Å². The Morgan fingerprint density at radius 1 is 0.947 bits per heavy atom. The Morgan fingerprint density at radius 3 is 2.11 bits per heavy atom. The van der Waals surface area contributed by atoms with E-state index >= 15 is 0 Å². The highest BCUT2D eigenvalue weighted by Gasteiger charge is 2.38. The Hall–Kier alpha value is -0.233. The molecule has 0 saturated heterocycles. The van der Waals surface area contributed by atoms with Gasteiger partial charge in [0.25, 0.3) is 0 Å². The number of ketones is 1. The molecule has 0 amide bonds. The van der Waals surface area contributed by atoms with Crippen LogP contribution in [0, 0.1) is 0 Å². The van der Waals surface area contributed by atoms with E-state index < -0.39 is 8.80 Å². The first kappa shape index (κ1) is 18.8. The normalized spacial score (nSPS) is 11.8. The fourth-order valence-corrected chi connectivity index (χ4v) is 3.92. The molecule has 19 heavy (non-hydrogen) atoms. The molecular weight excluding hydrogens is 260 g/mol. The number of unbranched alkanes of at least 4 members (excludes halogenated alkanes) is 4. The van der Waals surface area contributed by atoms with E-state index in [0.29, 0.717) is 6.42 Å². The maximum absolute atomic E-state index is 11.7. The Morgan fingerprint density at radius 2 is 1.58 bits per heavy atom. The first-order valence-electron chi connectivity index (χ1n) is 7.40. The third-order valence-electron chi connectivity index (χ3n) is 3.19. The van der Waals surface area contributed by atoms with E-state index in [0.717, 1.165) is 25.3 Å². The second-order valence-corrected chi connectivity index (χ2v) is 7.80. The van der Waals surface area contributed by atoms with E-state index in [4.69, 9.17) is 13.3 Å². The largest absolute Gasteiger partial charge is 0.500 e. The van der Waals surface area contributed by atoms with Crippen LogP contribution in [0.2, 0.25) is 6.04 Å². The van der Waals surface area contributed by atoms with Crippen LogP contribution in [0.5, 0.6) is 0 Å². The van der Waals surface area contributed by atoms with Crippen LogP contribution in [0.3, 0.4) is 0 Å². The topological polar surface area (TPSA) is 44.8 Å². The predicted octanol–water partition coefficient (Wildman–Crippen LogP) is 3.57. The van der Waals surface area contributed by atoms with Crippen LogP contribution in [0.1, 0.15) is 58.8 Å². The monoisotopic (exact) mass is 290 g/mol. The summed E-state index contributed by atoms with van der Waals surface area (Å²) in [5, 5.41) is 0. The molecule has 0 heterocycles. The minimum atomic E-state index is -2.59. The van der Waals surface area contributed by atoms with Crippen molar-refractivity contribution in [1.82, 2.24) is 0 Å². The summed E-state index contributed by atoms with van der Waals surface area (Å²) >= 11 is 0. The molecule has 0 saturated carbocycles. The molecule has 0 N–H and O–H groups in total. The average molecular weight is 290 g/mol. The van der Waals surface area contributed by atoms with Crippen LogP contribution in [0.4, 0.5) is 0 Å². The summed E-state index contributed by atoms with van der Waals surface area (Å²) in [4.78, 5) is 11.7. The number of carbonyl (C=O) groups is 1. The molecule has 0 aromatic heterocycles. The zero-order valence-electron chi connectivity index (χ0n) is 13.0. The molecule has 0 spiro atoms. The van der Waals surface area contributed by atoms with Crippen molar-refractivity contribution in [3.63, 3.8) is 0 Å². The highest BCUT2D eigenvalue weighted by atomic mass is 28.4. The van der Waals surface area contributed by atoms with Gasteiger partial charge in [-0.25, -0.2) is 0 Å². The Balaban J connectivity index is 3.85. The van der Waals surface area contributed by atoms with Gasteiger partial charge in [-0.2, -0.15) is 0 Å². The number of hydrogen-bond acceptors (Lipinski definition) is 4. The number of carbonyl (C=O) groups excluding carboxylic acids is 1. The minimum absolute atomic E-state index is 0.127. The van der Waals surface area contributed by atoms with Gasteiger partial charge in [-0.1, -0.05) is 46.0 Å². The summed E-state index contributed by atoms with van der Waals surface area (Å²) < 4.78 is 16.4. The number of Topliss-reactive ketones (excluding diaryl/α,β-unsaturated/α-hetero) is 1. The Kier molecular flexibility index (Phi) is 11.4. The van der Waals surface area contributed by atoms with Gasteiger partial charge in [0, 0.05) is 26.7 Å². The molecule has 0 aliphatic rings. The number of rotatable bonds is 13. The minimum Gasteiger partial charge on any atom is -0.377 e. The van der Waals surface area contributed by atoms with E-state index in [1.54, 1.807) is 14.2 Å². The van der Waals surface area contributed by atoms with Gasteiger partial charge in [-0.15, -0.1) is 0 Å². The molecule has 114 valence electrons. The summed E-state index contributed by atoms with van der Waals surface area (Å²) in [5.74, 6) is 0.151. The molecule has 0 aromatic carbocycles. The predicted molar refractivity (Wildman–Crippen MR) is 79.2 cm³/mol. The lowest BCUT2D eigenvalue weighted by atomic mass is 10.1. The zero-order valence-corrected chi connectivity index (χ0v) is 14.0. The molecule has 0 atom stereocenters. The maximum Gasteiger partial charge on any atom is 0.500 e. The lowest BCUT2D eigenvalue weighted by Crippen LogP contribution is -2.44. The van der Waals surface area contributed by atoms with Crippen LogP contribution in [-0.2, 0) is 18.1 Å². The Labute approximate surface area is 119 Å². The molecular formula is C14H30O4Si. The van der Waals surface area contributed by atoms with Crippen LogP contribution in [0.25, 0.3) is 0 Å².